The first-order valence-electron chi connectivity index (χ1n) is 12.9. The summed E-state index contributed by atoms with van der Waals surface area (Å²) in [6.45, 7) is 3.77. The van der Waals surface area contributed by atoms with Crippen molar-refractivity contribution in [2.75, 3.05) is 40.5 Å². The van der Waals surface area contributed by atoms with E-state index in [9.17, 15) is 9.90 Å². The Bertz CT molecular complexity index is 1210. The number of rotatable bonds is 9. The van der Waals surface area contributed by atoms with Crippen molar-refractivity contribution in [3.8, 4) is 11.5 Å². The number of benzene rings is 2. The van der Waals surface area contributed by atoms with Crippen LogP contribution in [0.4, 0.5) is 0 Å². The Labute approximate surface area is 212 Å². The second-order valence-electron chi connectivity index (χ2n) is 9.95. The second-order valence-corrected chi connectivity index (χ2v) is 9.95. The van der Waals surface area contributed by atoms with Gasteiger partial charge in [0.25, 0.3) is 0 Å². The lowest BCUT2D eigenvalue weighted by atomic mass is 9.87. The lowest BCUT2D eigenvalue weighted by Gasteiger charge is -2.40. The summed E-state index contributed by atoms with van der Waals surface area (Å²) in [7, 11) is 3.38. The molecular formula is C29H36N2O5. The van der Waals surface area contributed by atoms with Gasteiger partial charge in [0.1, 0.15) is 6.54 Å². The lowest BCUT2D eigenvalue weighted by molar-refractivity contribution is -0.137. The summed E-state index contributed by atoms with van der Waals surface area (Å²) in [5, 5.41) is 10.5. The van der Waals surface area contributed by atoms with E-state index in [-0.39, 0.29) is 12.6 Å². The highest BCUT2D eigenvalue weighted by Gasteiger charge is 2.31. The molecule has 3 heterocycles. The molecule has 0 saturated carbocycles. The van der Waals surface area contributed by atoms with Gasteiger partial charge >= 0.3 is 5.97 Å². The van der Waals surface area contributed by atoms with Gasteiger partial charge in [-0.1, -0.05) is 18.2 Å². The van der Waals surface area contributed by atoms with Crippen LogP contribution in [-0.2, 0) is 28.9 Å². The highest BCUT2D eigenvalue weighted by molar-refractivity contribution is 5.85. The van der Waals surface area contributed by atoms with Crippen LogP contribution in [0.15, 0.2) is 42.6 Å². The molecule has 1 unspecified atom stereocenters. The minimum Gasteiger partial charge on any atom is -0.493 e. The molecule has 2 aliphatic heterocycles. The number of fused-ring (bicyclic) bond motifs is 2. The largest absolute Gasteiger partial charge is 0.493 e. The van der Waals surface area contributed by atoms with Gasteiger partial charge in [0, 0.05) is 49.4 Å². The van der Waals surface area contributed by atoms with E-state index in [1.165, 1.54) is 16.7 Å². The fourth-order valence-corrected chi connectivity index (χ4v) is 5.99. The molecule has 0 spiro atoms. The van der Waals surface area contributed by atoms with Gasteiger partial charge in [0.15, 0.2) is 11.5 Å². The molecule has 1 aromatic heterocycles. The van der Waals surface area contributed by atoms with Crippen LogP contribution < -0.4 is 9.47 Å². The number of hydrogen-bond acceptors (Lipinski definition) is 5. The summed E-state index contributed by atoms with van der Waals surface area (Å²) in [6.07, 6.45) is 7.07. The first kappa shape index (κ1) is 24.7. The molecule has 7 nitrogen and oxygen atoms in total. The summed E-state index contributed by atoms with van der Waals surface area (Å²) in [5.74, 6) is 1.38. The predicted octanol–water partition coefficient (Wildman–Crippen LogP) is 4.70. The summed E-state index contributed by atoms with van der Waals surface area (Å²) >= 11 is 0. The van der Waals surface area contributed by atoms with Gasteiger partial charge in [-0.2, -0.15) is 0 Å². The molecule has 3 aromatic rings. The number of para-hydroxylation sites is 1. The molecule has 0 amide bonds. The molecule has 192 valence electrons. The first-order valence-corrected chi connectivity index (χ1v) is 12.9. The fourth-order valence-electron chi connectivity index (χ4n) is 5.99. The molecule has 2 aromatic carbocycles. The van der Waals surface area contributed by atoms with Gasteiger partial charge < -0.3 is 23.9 Å². The number of carbonyl (C=O) groups is 1. The molecule has 36 heavy (non-hydrogen) atoms. The number of nitrogens with zero attached hydrogens (tertiary/aromatic N) is 2. The Kier molecular flexibility index (Phi) is 7.48. The zero-order chi connectivity index (χ0) is 25.1. The van der Waals surface area contributed by atoms with Gasteiger partial charge in [0.2, 0.25) is 0 Å². The van der Waals surface area contributed by atoms with Gasteiger partial charge in [0.05, 0.1) is 14.2 Å². The minimum atomic E-state index is -0.827. The third-order valence-corrected chi connectivity index (χ3v) is 7.81. The molecule has 0 aliphatic carbocycles. The molecule has 5 rings (SSSR count). The Morgan fingerprint density at radius 3 is 2.61 bits per heavy atom. The van der Waals surface area contributed by atoms with Crippen molar-refractivity contribution >= 4 is 16.9 Å². The van der Waals surface area contributed by atoms with Crippen LogP contribution in [0, 0.1) is 5.92 Å². The van der Waals surface area contributed by atoms with E-state index in [2.05, 4.69) is 23.1 Å². The Balaban J connectivity index is 1.46. The third-order valence-electron chi connectivity index (χ3n) is 7.81. The first-order chi connectivity index (χ1) is 17.6. The molecule has 1 fully saturated rings. The quantitative estimate of drug-likeness (QED) is 0.467. The van der Waals surface area contributed by atoms with Crippen LogP contribution in [-0.4, -0.2) is 61.1 Å². The zero-order valence-electron chi connectivity index (χ0n) is 21.2. The number of carboxylic acids is 1. The standard InChI is InChI=1S/C29H36N2O5/c1-34-27-15-21-9-12-30(17-20-10-13-36-14-11-20)26(24(21)16-28(27)35-2)8-7-22-18-31(19-29(32)33)25-6-4-3-5-23(22)25/h3-6,15-16,18,20,26H,7-14,17,19H2,1-2H3,(H,32,33). The topological polar surface area (TPSA) is 73.2 Å². The van der Waals surface area contributed by atoms with Crippen LogP contribution in [0.25, 0.3) is 10.9 Å². The van der Waals surface area contributed by atoms with E-state index in [1.807, 2.05) is 29.0 Å². The number of carboxylic acid groups (broad SMARTS) is 1. The average Bonchev–Trinajstić information content (AvgIpc) is 3.24. The van der Waals surface area contributed by atoms with Crippen LogP contribution in [0.2, 0.25) is 0 Å². The monoisotopic (exact) mass is 492 g/mol. The maximum Gasteiger partial charge on any atom is 0.323 e. The summed E-state index contributed by atoms with van der Waals surface area (Å²) in [5.41, 5.74) is 4.82. The number of aliphatic carboxylic acids is 1. The smallest absolute Gasteiger partial charge is 0.323 e. The summed E-state index contributed by atoms with van der Waals surface area (Å²) in [4.78, 5) is 14.1. The van der Waals surface area contributed by atoms with Crippen LogP contribution in [0.5, 0.6) is 11.5 Å². The zero-order valence-corrected chi connectivity index (χ0v) is 21.2. The summed E-state index contributed by atoms with van der Waals surface area (Å²) in [6, 6.07) is 12.7. The van der Waals surface area contributed by atoms with E-state index in [0.717, 1.165) is 80.8 Å². The van der Waals surface area contributed by atoms with E-state index in [0.29, 0.717) is 5.92 Å². The predicted molar refractivity (Wildman–Crippen MR) is 139 cm³/mol. The molecule has 1 saturated heterocycles. The molecule has 1 N–H and O–H groups in total. The normalized spacial score (nSPS) is 18.8. The van der Waals surface area contributed by atoms with E-state index in [4.69, 9.17) is 14.2 Å². The van der Waals surface area contributed by atoms with Crippen molar-refractivity contribution in [1.82, 2.24) is 9.47 Å². The lowest BCUT2D eigenvalue weighted by Crippen LogP contribution is -2.40. The Morgan fingerprint density at radius 2 is 1.86 bits per heavy atom. The molecule has 1 atom stereocenters. The SMILES string of the molecule is COc1cc2c(cc1OC)C(CCc1cn(CC(=O)O)c3ccccc13)N(CC1CCOCC1)CC2. The second kappa shape index (κ2) is 10.9. The average molecular weight is 493 g/mol. The minimum absolute atomic E-state index is 0.0281. The van der Waals surface area contributed by atoms with Crippen LogP contribution in [0.3, 0.4) is 0 Å². The molecule has 0 bridgehead atoms. The Hall–Kier alpha value is -3.03. The number of ether oxygens (including phenoxy) is 3. The van der Waals surface area contributed by atoms with Crippen molar-refractivity contribution in [3.05, 3.63) is 59.3 Å². The Morgan fingerprint density at radius 1 is 1.11 bits per heavy atom. The van der Waals surface area contributed by atoms with Gasteiger partial charge in [-0.25, -0.2) is 0 Å². The van der Waals surface area contributed by atoms with E-state index >= 15 is 0 Å². The van der Waals surface area contributed by atoms with Crippen molar-refractivity contribution < 1.29 is 24.1 Å². The van der Waals surface area contributed by atoms with Crippen molar-refractivity contribution in [3.63, 3.8) is 0 Å². The molecule has 2 aliphatic rings. The van der Waals surface area contributed by atoms with Crippen LogP contribution in [0.1, 0.15) is 42.0 Å². The fraction of sp³-hybridized carbons (Fsp3) is 0.483. The van der Waals surface area contributed by atoms with Gasteiger partial charge in [-0.3, -0.25) is 9.69 Å². The van der Waals surface area contributed by atoms with Crippen LogP contribution >= 0.6 is 0 Å². The number of aryl methyl sites for hydroxylation is 1. The molecule has 0 radical (unpaired) electrons. The van der Waals surface area contributed by atoms with E-state index < -0.39 is 5.97 Å². The van der Waals surface area contributed by atoms with Crippen molar-refractivity contribution in [2.45, 2.75) is 44.7 Å². The third kappa shape index (κ3) is 5.08. The number of hydrogen-bond donors (Lipinski definition) is 1. The number of aromatic nitrogens is 1. The highest BCUT2D eigenvalue weighted by atomic mass is 16.5. The maximum absolute atomic E-state index is 11.5. The van der Waals surface area contributed by atoms with E-state index in [1.54, 1.807) is 14.2 Å². The maximum atomic E-state index is 11.5. The van der Waals surface area contributed by atoms with Gasteiger partial charge in [-0.05, 0) is 72.9 Å². The van der Waals surface area contributed by atoms with Crippen molar-refractivity contribution in [2.24, 2.45) is 5.92 Å². The molecular weight excluding hydrogens is 456 g/mol. The van der Waals surface area contributed by atoms with Crippen molar-refractivity contribution in [1.29, 1.82) is 0 Å². The van der Waals surface area contributed by atoms with Gasteiger partial charge in [-0.15, -0.1) is 0 Å². The molecule has 7 heteroatoms. The highest BCUT2D eigenvalue weighted by Crippen LogP contribution is 2.41. The number of methoxy groups -OCH3 is 2. The summed E-state index contributed by atoms with van der Waals surface area (Å²) < 4.78 is 18.7.